The van der Waals surface area contributed by atoms with Crippen LogP contribution in [0.15, 0.2) is 18.2 Å². The maximum Gasteiger partial charge on any atom is 0.382 e. The van der Waals surface area contributed by atoms with Gasteiger partial charge in [-0.1, -0.05) is 12.0 Å². The molecular formula is C10H5FO3. The Bertz CT molecular complexity index is 440. The van der Waals surface area contributed by atoms with Gasteiger partial charge in [0.25, 0.3) is 0 Å². The molecule has 1 N–H and O–H groups in total. The van der Waals surface area contributed by atoms with E-state index in [1.165, 1.54) is 12.1 Å². The van der Waals surface area contributed by atoms with E-state index in [0.717, 1.165) is 6.07 Å². The van der Waals surface area contributed by atoms with Crippen molar-refractivity contribution in [3.63, 3.8) is 0 Å². The largest absolute Gasteiger partial charge is 0.472 e. The van der Waals surface area contributed by atoms with Crippen molar-refractivity contribution in [2.75, 3.05) is 0 Å². The molecule has 0 spiro atoms. The Kier molecular flexibility index (Phi) is 2.97. The number of carbonyl (C=O) groups is 2. The zero-order chi connectivity index (χ0) is 10.6. The number of aliphatic carboxylic acids is 1. The van der Waals surface area contributed by atoms with E-state index in [0.29, 0.717) is 6.29 Å². The SMILES string of the molecule is O=Cc1ccc(C#CC(=O)O)c(F)c1. The lowest BCUT2D eigenvalue weighted by molar-refractivity contribution is -0.130. The highest BCUT2D eigenvalue weighted by Gasteiger charge is 2.00. The Labute approximate surface area is 79.2 Å². The molecular weight excluding hydrogens is 187 g/mol. The third-order valence-electron chi connectivity index (χ3n) is 1.43. The maximum atomic E-state index is 13.0. The molecule has 0 amide bonds. The number of halogens is 1. The Morgan fingerprint density at radius 1 is 1.50 bits per heavy atom. The second kappa shape index (κ2) is 4.19. The van der Waals surface area contributed by atoms with Crippen molar-refractivity contribution in [1.82, 2.24) is 0 Å². The highest BCUT2D eigenvalue weighted by atomic mass is 19.1. The fourth-order valence-electron chi connectivity index (χ4n) is 0.827. The van der Waals surface area contributed by atoms with Gasteiger partial charge in [0, 0.05) is 11.5 Å². The van der Waals surface area contributed by atoms with Crippen molar-refractivity contribution >= 4 is 12.3 Å². The molecule has 0 aliphatic heterocycles. The fraction of sp³-hybridized carbons (Fsp3) is 0. The summed E-state index contributed by atoms with van der Waals surface area (Å²) in [6, 6.07) is 3.62. The van der Waals surface area contributed by atoms with Gasteiger partial charge in [-0.25, -0.2) is 9.18 Å². The summed E-state index contributed by atoms with van der Waals surface area (Å²) >= 11 is 0. The van der Waals surface area contributed by atoms with Crippen LogP contribution in [0.3, 0.4) is 0 Å². The molecule has 0 bridgehead atoms. The number of carbonyl (C=O) groups excluding carboxylic acids is 1. The second-order valence-electron chi connectivity index (χ2n) is 2.41. The van der Waals surface area contributed by atoms with Crippen LogP contribution in [0.4, 0.5) is 4.39 Å². The van der Waals surface area contributed by atoms with E-state index in [2.05, 4.69) is 5.92 Å². The molecule has 0 saturated heterocycles. The third-order valence-corrected chi connectivity index (χ3v) is 1.43. The van der Waals surface area contributed by atoms with Crippen molar-refractivity contribution < 1.29 is 19.1 Å². The van der Waals surface area contributed by atoms with Gasteiger partial charge in [-0.3, -0.25) is 4.79 Å². The summed E-state index contributed by atoms with van der Waals surface area (Å²) in [7, 11) is 0. The lowest BCUT2D eigenvalue weighted by Crippen LogP contribution is -1.90. The van der Waals surface area contributed by atoms with E-state index >= 15 is 0 Å². The van der Waals surface area contributed by atoms with Gasteiger partial charge in [0.1, 0.15) is 12.1 Å². The highest BCUT2D eigenvalue weighted by Crippen LogP contribution is 2.07. The Hall–Kier alpha value is -2.15. The topological polar surface area (TPSA) is 54.4 Å². The molecule has 0 saturated carbocycles. The summed E-state index contributed by atoms with van der Waals surface area (Å²) in [6.45, 7) is 0. The van der Waals surface area contributed by atoms with Crippen LogP contribution in [-0.2, 0) is 4.79 Å². The van der Waals surface area contributed by atoms with Gasteiger partial charge in [0.2, 0.25) is 0 Å². The number of carboxylic acid groups (broad SMARTS) is 1. The van der Waals surface area contributed by atoms with Gasteiger partial charge in [-0.2, -0.15) is 0 Å². The molecule has 3 nitrogen and oxygen atoms in total. The highest BCUT2D eigenvalue weighted by molar-refractivity contribution is 5.87. The molecule has 1 rings (SSSR count). The molecule has 0 aliphatic rings. The Morgan fingerprint density at radius 2 is 2.21 bits per heavy atom. The van der Waals surface area contributed by atoms with Crippen LogP contribution >= 0.6 is 0 Å². The summed E-state index contributed by atoms with van der Waals surface area (Å²) in [5.74, 6) is 1.87. The lowest BCUT2D eigenvalue weighted by atomic mass is 10.1. The van der Waals surface area contributed by atoms with Crippen molar-refractivity contribution in [2.45, 2.75) is 0 Å². The van der Waals surface area contributed by atoms with E-state index in [1.807, 2.05) is 0 Å². The minimum absolute atomic E-state index is 0.0435. The van der Waals surface area contributed by atoms with Crippen LogP contribution < -0.4 is 0 Å². The van der Waals surface area contributed by atoms with Crippen LogP contribution in [0.25, 0.3) is 0 Å². The van der Waals surface area contributed by atoms with Gasteiger partial charge >= 0.3 is 5.97 Å². The number of carboxylic acids is 1. The van der Waals surface area contributed by atoms with E-state index in [1.54, 1.807) is 5.92 Å². The van der Waals surface area contributed by atoms with E-state index in [4.69, 9.17) is 5.11 Å². The molecule has 0 radical (unpaired) electrons. The molecule has 0 aliphatic carbocycles. The quantitative estimate of drug-likeness (QED) is 0.535. The summed E-state index contributed by atoms with van der Waals surface area (Å²) in [5.41, 5.74) is 0.140. The molecule has 1 aromatic carbocycles. The average molecular weight is 192 g/mol. The number of benzene rings is 1. The fourth-order valence-corrected chi connectivity index (χ4v) is 0.827. The minimum atomic E-state index is -1.33. The minimum Gasteiger partial charge on any atom is -0.472 e. The van der Waals surface area contributed by atoms with Crippen molar-refractivity contribution in [2.24, 2.45) is 0 Å². The average Bonchev–Trinajstić information content (AvgIpc) is 2.15. The summed E-state index contributed by atoms with van der Waals surface area (Å²) in [6.07, 6.45) is 0.498. The molecule has 0 aromatic heterocycles. The lowest BCUT2D eigenvalue weighted by Gasteiger charge is -1.94. The summed E-state index contributed by atoms with van der Waals surface area (Å²) < 4.78 is 13.0. The second-order valence-corrected chi connectivity index (χ2v) is 2.41. The first-order valence-corrected chi connectivity index (χ1v) is 3.63. The number of hydrogen-bond donors (Lipinski definition) is 1. The maximum absolute atomic E-state index is 13.0. The summed E-state index contributed by atoms with van der Waals surface area (Å²) in [5, 5.41) is 8.21. The Morgan fingerprint density at radius 3 is 2.71 bits per heavy atom. The van der Waals surface area contributed by atoms with Gasteiger partial charge in [-0.05, 0) is 12.1 Å². The zero-order valence-corrected chi connectivity index (χ0v) is 6.95. The molecule has 70 valence electrons. The molecule has 14 heavy (non-hydrogen) atoms. The molecule has 0 unspecified atom stereocenters. The van der Waals surface area contributed by atoms with Gasteiger partial charge in [0.15, 0.2) is 0 Å². The predicted octanol–water partition coefficient (Wildman–Crippen LogP) is 1.07. The molecule has 0 atom stereocenters. The van der Waals surface area contributed by atoms with E-state index in [9.17, 15) is 14.0 Å². The molecule has 1 aromatic rings. The predicted molar refractivity (Wildman–Crippen MR) is 46.3 cm³/mol. The van der Waals surface area contributed by atoms with E-state index < -0.39 is 11.8 Å². The van der Waals surface area contributed by atoms with E-state index in [-0.39, 0.29) is 11.1 Å². The van der Waals surface area contributed by atoms with Crippen molar-refractivity contribution in [1.29, 1.82) is 0 Å². The van der Waals surface area contributed by atoms with Crippen molar-refractivity contribution in [3.8, 4) is 11.8 Å². The first kappa shape index (κ1) is 9.93. The van der Waals surface area contributed by atoms with Crippen LogP contribution in [0.2, 0.25) is 0 Å². The smallest absolute Gasteiger partial charge is 0.382 e. The van der Waals surface area contributed by atoms with Crippen LogP contribution in [0.5, 0.6) is 0 Å². The van der Waals surface area contributed by atoms with Crippen LogP contribution in [0.1, 0.15) is 15.9 Å². The zero-order valence-electron chi connectivity index (χ0n) is 6.95. The normalized spacial score (nSPS) is 8.64. The first-order chi connectivity index (χ1) is 6.63. The first-order valence-electron chi connectivity index (χ1n) is 3.63. The van der Waals surface area contributed by atoms with Gasteiger partial charge in [-0.15, -0.1) is 0 Å². The third kappa shape index (κ3) is 2.42. The number of aldehydes is 1. The molecule has 4 heteroatoms. The molecule has 0 heterocycles. The monoisotopic (exact) mass is 192 g/mol. The van der Waals surface area contributed by atoms with Gasteiger partial charge in [0.05, 0.1) is 5.56 Å². The number of rotatable bonds is 1. The molecule has 0 fully saturated rings. The van der Waals surface area contributed by atoms with Crippen molar-refractivity contribution in [3.05, 3.63) is 35.1 Å². The van der Waals surface area contributed by atoms with Crippen LogP contribution in [-0.4, -0.2) is 17.4 Å². The summed E-state index contributed by atoms with van der Waals surface area (Å²) in [4.78, 5) is 20.3. The van der Waals surface area contributed by atoms with Crippen LogP contribution in [0, 0.1) is 17.7 Å². The number of hydrogen-bond acceptors (Lipinski definition) is 2. The Balaban J connectivity index is 3.08. The van der Waals surface area contributed by atoms with Gasteiger partial charge < -0.3 is 5.11 Å². The standard InChI is InChI=1S/C10H5FO3/c11-9-5-7(6-12)1-2-8(9)3-4-10(13)14/h1-2,5-6H,(H,13,14).